The Balaban J connectivity index is 1.61. The highest BCUT2D eigenvalue weighted by atomic mass is 32.2. The number of hydrogen-bond donors (Lipinski definition) is 0. The van der Waals surface area contributed by atoms with Crippen molar-refractivity contribution >= 4 is 69.0 Å². The number of fused-ring (bicyclic) bond motifs is 1. The topological polar surface area (TPSA) is 66.8 Å². The fourth-order valence-corrected chi connectivity index (χ4v) is 6.52. The van der Waals surface area contributed by atoms with Gasteiger partial charge in [0.15, 0.2) is 7.28 Å². The van der Waals surface area contributed by atoms with Crippen LogP contribution in [0.15, 0.2) is 50.4 Å². The Hall–Kier alpha value is -1.84. The van der Waals surface area contributed by atoms with Crippen LogP contribution in [0.5, 0.6) is 0 Å². The molecule has 1 atom stereocenters. The van der Waals surface area contributed by atoms with Crippen molar-refractivity contribution in [1.29, 1.82) is 0 Å². The first-order chi connectivity index (χ1) is 13.0. The van der Waals surface area contributed by atoms with Crippen molar-refractivity contribution in [3.8, 4) is 0 Å². The second kappa shape index (κ2) is 7.29. The average molecular weight is 415 g/mol. The van der Waals surface area contributed by atoms with Gasteiger partial charge in [-0.15, -0.1) is 23.1 Å². The molecule has 1 radical (unpaired) electrons. The summed E-state index contributed by atoms with van der Waals surface area (Å²) in [4.78, 5) is 15.3. The molecule has 5 nitrogen and oxygen atoms in total. The minimum absolute atomic E-state index is 0.192. The molecule has 137 valence electrons. The van der Waals surface area contributed by atoms with E-state index in [1.54, 1.807) is 36.3 Å². The van der Waals surface area contributed by atoms with Crippen molar-refractivity contribution in [2.24, 2.45) is 4.99 Å². The van der Waals surface area contributed by atoms with Gasteiger partial charge in [-0.3, -0.25) is 9.30 Å². The highest BCUT2D eigenvalue weighted by Crippen LogP contribution is 2.32. The summed E-state index contributed by atoms with van der Waals surface area (Å²) in [5, 5.41) is 2.86. The predicted octanol–water partition coefficient (Wildman–Crippen LogP) is 2.36. The van der Waals surface area contributed by atoms with Gasteiger partial charge < -0.3 is 4.79 Å². The molecule has 1 unspecified atom stereocenters. The van der Waals surface area contributed by atoms with Crippen LogP contribution in [0.1, 0.15) is 12.0 Å². The fourth-order valence-electron chi connectivity index (χ4n) is 3.10. The summed E-state index contributed by atoms with van der Waals surface area (Å²) in [5.74, 6) is 0. The van der Waals surface area contributed by atoms with E-state index in [4.69, 9.17) is 0 Å². The molecular weight excluding hydrogens is 399 g/mol. The molecule has 4 rings (SSSR count). The van der Waals surface area contributed by atoms with E-state index in [1.807, 2.05) is 31.6 Å². The number of carbonyl (C=O) groups is 1. The summed E-state index contributed by atoms with van der Waals surface area (Å²) in [5.41, 5.74) is 3.45. The maximum atomic E-state index is 12.9. The highest BCUT2D eigenvalue weighted by Gasteiger charge is 2.30. The van der Waals surface area contributed by atoms with Crippen LogP contribution in [0.3, 0.4) is 0 Å². The number of thiophene rings is 1. The third-order valence-corrected chi connectivity index (χ3v) is 8.91. The SMILES string of the molecule is CN(c1cccc2c1[B]C(C1=NCC(CC=O)S1)=C2)S(=O)(=O)c1cccs1. The van der Waals surface area contributed by atoms with E-state index in [-0.39, 0.29) is 5.25 Å². The van der Waals surface area contributed by atoms with Crippen LogP contribution in [-0.2, 0) is 14.8 Å². The third kappa shape index (κ3) is 3.39. The molecule has 1 aromatic heterocycles. The lowest BCUT2D eigenvalue weighted by Gasteiger charge is -2.21. The molecule has 3 heterocycles. The Bertz CT molecular complexity index is 1050. The lowest BCUT2D eigenvalue weighted by atomic mass is 9.66. The molecule has 0 aliphatic carbocycles. The molecule has 0 bridgehead atoms. The van der Waals surface area contributed by atoms with Gasteiger partial charge in [0.1, 0.15) is 10.5 Å². The molecule has 9 heteroatoms. The van der Waals surface area contributed by atoms with E-state index in [0.717, 1.165) is 27.8 Å². The zero-order valence-electron chi connectivity index (χ0n) is 14.5. The second-order valence-corrected chi connectivity index (χ2v) is 10.6. The largest absolute Gasteiger partial charge is 0.303 e. The molecule has 27 heavy (non-hydrogen) atoms. The molecule has 0 saturated heterocycles. The number of hydrogen-bond acceptors (Lipinski definition) is 6. The number of thioether (sulfide) groups is 1. The molecule has 0 N–H and O–H groups in total. The van der Waals surface area contributed by atoms with Crippen LogP contribution in [0, 0.1) is 0 Å². The number of nitrogens with zero attached hydrogens (tertiary/aromatic N) is 2. The second-order valence-electron chi connectivity index (χ2n) is 6.22. The van der Waals surface area contributed by atoms with Gasteiger partial charge in [0.05, 0.1) is 11.6 Å². The van der Waals surface area contributed by atoms with Gasteiger partial charge >= 0.3 is 0 Å². The minimum Gasteiger partial charge on any atom is -0.303 e. The van der Waals surface area contributed by atoms with Crippen LogP contribution >= 0.6 is 23.1 Å². The van der Waals surface area contributed by atoms with Crippen molar-refractivity contribution in [3.63, 3.8) is 0 Å². The summed E-state index contributed by atoms with van der Waals surface area (Å²) in [6.07, 6.45) is 3.45. The Kier molecular flexibility index (Phi) is 5.00. The maximum Gasteiger partial charge on any atom is 0.273 e. The normalized spacial score (nSPS) is 18.5. The molecule has 2 aliphatic rings. The molecule has 2 aliphatic heterocycles. The van der Waals surface area contributed by atoms with Gasteiger partial charge in [0.2, 0.25) is 0 Å². The molecule has 0 saturated carbocycles. The van der Waals surface area contributed by atoms with E-state index in [9.17, 15) is 13.2 Å². The number of anilines is 1. The number of sulfonamides is 1. The third-order valence-electron chi connectivity index (χ3n) is 4.50. The van der Waals surface area contributed by atoms with Crippen LogP contribution in [0.2, 0.25) is 0 Å². The Morgan fingerprint density at radius 1 is 1.33 bits per heavy atom. The Morgan fingerprint density at radius 3 is 2.93 bits per heavy atom. The first-order valence-electron chi connectivity index (χ1n) is 8.37. The van der Waals surface area contributed by atoms with Crippen molar-refractivity contribution in [2.45, 2.75) is 15.9 Å². The van der Waals surface area contributed by atoms with E-state index in [2.05, 4.69) is 4.99 Å². The fraction of sp³-hybridized carbons (Fsp3) is 0.222. The van der Waals surface area contributed by atoms with E-state index in [0.29, 0.717) is 22.9 Å². The molecule has 0 amide bonds. The lowest BCUT2D eigenvalue weighted by Crippen LogP contribution is -2.32. The summed E-state index contributed by atoms with van der Waals surface area (Å²) in [7, 11) is -0.0204. The van der Waals surface area contributed by atoms with Gasteiger partial charge in [0.25, 0.3) is 10.0 Å². The van der Waals surface area contributed by atoms with E-state index >= 15 is 0 Å². The Labute approximate surface area is 167 Å². The first kappa shape index (κ1) is 18.5. The highest BCUT2D eigenvalue weighted by molar-refractivity contribution is 8.15. The monoisotopic (exact) mass is 415 g/mol. The summed E-state index contributed by atoms with van der Waals surface area (Å²) in [6.45, 7) is 0.639. The lowest BCUT2D eigenvalue weighted by molar-refractivity contribution is -0.107. The van der Waals surface area contributed by atoms with Crippen LogP contribution < -0.4 is 9.77 Å². The van der Waals surface area contributed by atoms with Gasteiger partial charge in [-0.1, -0.05) is 29.7 Å². The number of aldehydes is 1. The maximum absolute atomic E-state index is 12.9. The molecule has 1 aromatic carbocycles. The van der Waals surface area contributed by atoms with Crippen molar-refractivity contribution < 1.29 is 13.2 Å². The van der Waals surface area contributed by atoms with Crippen molar-refractivity contribution in [3.05, 3.63) is 46.7 Å². The van der Waals surface area contributed by atoms with Gasteiger partial charge in [0, 0.05) is 24.4 Å². The minimum atomic E-state index is -3.59. The van der Waals surface area contributed by atoms with E-state index < -0.39 is 10.0 Å². The van der Waals surface area contributed by atoms with Crippen LogP contribution in [-0.4, -0.2) is 45.9 Å². The first-order valence-corrected chi connectivity index (χ1v) is 11.6. The zero-order valence-corrected chi connectivity index (χ0v) is 17.0. The quantitative estimate of drug-likeness (QED) is 0.537. The summed E-state index contributed by atoms with van der Waals surface area (Å²) < 4.78 is 27.4. The zero-order chi connectivity index (χ0) is 19.0. The number of rotatable bonds is 6. The average Bonchev–Trinajstić information content (AvgIpc) is 3.39. The predicted molar refractivity (Wildman–Crippen MR) is 114 cm³/mol. The van der Waals surface area contributed by atoms with Crippen LogP contribution in [0.4, 0.5) is 5.69 Å². The van der Waals surface area contributed by atoms with E-state index in [1.165, 1.54) is 15.6 Å². The molecule has 2 aromatic rings. The Morgan fingerprint density at radius 2 is 2.19 bits per heavy atom. The number of benzene rings is 1. The summed E-state index contributed by atoms with van der Waals surface area (Å²) >= 11 is 2.82. The number of aliphatic imine (C=N–C) groups is 1. The van der Waals surface area contributed by atoms with Crippen molar-refractivity contribution in [1.82, 2.24) is 0 Å². The standard InChI is InChI=1S/C18H16BN2O3S3/c1-21(27(23,24)16-6-3-9-25-16)15-5-2-4-12-10-14(19-17(12)15)18-20-11-13(26-18)7-8-22/h2-6,8-10,13H,7,11H2,1H3. The molecular formula is C18H16BN2O3S3. The number of carbonyl (C=O) groups excluding carboxylic acids is 1. The van der Waals surface area contributed by atoms with Gasteiger partial charge in [-0.05, 0) is 28.5 Å². The van der Waals surface area contributed by atoms with Gasteiger partial charge in [-0.2, -0.15) is 0 Å². The summed E-state index contributed by atoms with van der Waals surface area (Å²) in [6, 6.07) is 9.00. The molecule has 0 fully saturated rings. The van der Waals surface area contributed by atoms with Crippen LogP contribution in [0.25, 0.3) is 6.08 Å². The smallest absolute Gasteiger partial charge is 0.273 e. The molecule has 0 spiro atoms. The van der Waals surface area contributed by atoms with Gasteiger partial charge in [-0.25, -0.2) is 8.42 Å². The van der Waals surface area contributed by atoms with Crippen molar-refractivity contribution in [2.75, 3.05) is 17.9 Å².